The van der Waals surface area contributed by atoms with E-state index in [4.69, 9.17) is 0 Å². The molecular formula is C8H9NO2S. The van der Waals surface area contributed by atoms with Gasteiger partial charge < -0.3 is 0 Å². The first-order chi connectivity index (χ1) is 5.79. The van der Waals surface area contributed by atoms with Crippen LogP contribution in [0.5, 0.6) is 0 Å². The SMILES string of the molecule is O=C1C=CC(=O)N1C1CCSC1. The normalized spacial score (nSPS) is 29.0. The van der Waals surface area contributed by atoms with Crippen molar-refractivity contribution in [3.8, 4) is 0 Å². The van der Waals surface area contributed by atoms with Crippen molar-refractivity contribution in [2.75, 3.05) is 11.5 Å². The van der Waals surface area contributed by atoms with Crippen LogP contribution in [0.25, 0.3) is 0 Å². The summed E-state index contributed by atoms with van der Waals surface area (Å²) in [4.78, 5) is 23.7. The third-order valence-electron chi connectivity index (χ3n) is 2.11. The summed E-state index contributed by atoms with van der Waals surface area (Å²) in [6.45, 7) is 0. The number of rotatable bonds is 1. The smallest absolute Gasteiger partial charge is 0.253 e. The van der Waals surface area contributed by atoms with Crippen molar-refractivity contribution in [1.82, 2.24) is 4.90 Å². The molecule has 0 aromatic carbocycles. The van der Waals surface area contributed by atoms with Gasteiger partial charge in [0.05, 0.1) is 6.04 Å². The maximum absolute atomic E-state index is 11.2. The molecule has 1 atom stereocenters. The van der Waals surface area contributed by atoms with Crippen LogP contribution in [0.1, 0.15) is 6.42 Å². The number of carbonyl (C=O) groups is 2. The number of carbonyl (C=O) groups excluding carboxylic acids is 2. The van der Waals surface area contributed by atoms with Crippen LogP contribution in [0, 0.1) is 0 Å². The second-order valence-corrected chi connectivity index (χ2v) is 4.05. The number of thioether (sulfide) groups is 1. The molecule has 0 spiro atoms. The molecule has 0 aromatic rings. The molecule has 0 saturated carbocycles. The molecule has 2 aliphatic rings. The van der Waals surface area contributed by atoms with Gasteiger partial charge in [-0.15, -0.1) is 0 Å². The van der Waals surface area contributed by atoms with Gasteiger partial charge in [0.15, 0.2) is 0 Å². The van der Waals surface area contributed by atoms with Crippen molar-refractivity contribution in [2.45, 2.75) is 12.5 Å². The van der Waals surface area contributed by atoms with Crippen LogP contribution < -0.4 is 0 Å². The van der Waals surface area contributed by atoms with E-state index < -0.39 is 0 Å². The largest absolute Gasteiger partial charge is 0.271 e. The van der Waals surface area contributed by atoms with Crippen LogP contribution in [-0.2, 0) is 9.59 Å². The number of amides is 2. The lowest BCUT2D eigenvalue weighted by Gasteiger charge is -2.20. The molecule has 4 heteroatoms. The van der Waals surface area contributed by atoms with E-state index in [0.29, 0.717) is 0 Å². The van der Waals surface area contributed by atoms with Gasteiger partial charge >= 0.3 is 0 Å². The molecule has 3 nitrogen and oxygen atoms in total. The van der Waals surface area contributed by atoms with E-state index in [-0.39, 0.29) is 17.9 Å². The van der Waals surface area contributed by atoms with Gasteiger partial charge in [-0.2, -0.15) is 11.8 Å². The Morgan fingerprint density at radius 1 is 1.33 bits per heavy atom. The molecule has 0 radical (unpaired) electrons. The van der Waals surface area contributed by atoms with E-state index in [1.165, 1.54) is 17.1 Å². The van der Waals surface area contributed by atoms with E-state index in [1.807, 2.05) is 0 Å². The number of nitrogens with zero attached hydrogens (tertiary/aromatic N) is 1. The van der Waals surface area contributed by atoms with Crippen molar-refractivity contribution in [1.29, 1.82) is 0 Å². The third kappa shape index (κ3) is 1.16. The predicted molar refractivity (Wildman–Crippen MR) is 46.7 cm³/mol. The van der Waals surface area contributed by atoms with Gasteiger partial charge in [-0.05, 0) is 12.2 Å². The fourth-order valence-electron chi connectivity index (χ4n) is 1.50. The summed E-state index contributed by atoms with van der Waals surface area (Å²) in [6.07, 6.45) is 3.65. The molecule has 2 heterocycles. The second kappa shape index (κ2) is 2.94. The summed E-state index contributed by atoms with van der Waals surface area (Å²) in [5.74, 6) is 1.67. The summed E-state index contributed by atoms with van der Waals surface area (Å²) in [5.41, 5.74) is 0. The highest BCUT2D eigenvalue weighted by molar-refractivity contribution is 7.99. The number of imide groups is 1. The first-order valence-electron chi connectivity index (χ1n) is 3.92. The predicted octanol–water partition coefficient (Wildman–Crippen LogP) is 0.417. The summed E-state index contributed by atoms with van der Waals surface area (Å²) in [5, 5.41) is 0. The zero-order valence-corrected chi connectivity index (χ0v) is 7.34. The van der Waals surface area contributed by atoms with Crippen LogP contribution in [-0.4, -0.2) is 34.3 Å². The number of hydrogen-bond donors (Lipinski definition) is 0. The van der Waals surface area contributed by atoms with E-state index in [9.17, 15) is 9.59 Å². The van der Waals surface area contributed by atoms with Crippen molar-refractivity contribution in [2.24, 2.45) is 0 Å². The average Bonchev–Trinajstić information content (AvgIpc) is 2.61. The summed E-state index contributed by atoms with van der Waals surface area (Å²) < 4.78 is 0. The molecule has 0 N–H and O–H groups in total. The zero-order chi connectivity index (χ0) is 8.55. The van der Waals surface area contributed by atoms with Crippen LogP contribution in [0.2, 0.25) is 0 Å². The monoisotopic (exact) mass is 183 g/mol. The van der Waals surface area contributed by atoms with Crippen LogP contribution in [0.15, 0.2) is 12.2 Å². The van der Waals surface area contributed by atoms with E-state index in [2.05, 4.69) is 0 Å². The Morgan fingerprint density at radius 2 is 2.00 bits per heavy atom. The van der Waals surface area contributed by atoms with Gasteiger partial charge in [-0.3, -0.25) is 14.5 Å². The van der Waals surface area contributed by atoms with Crippen molar-refractivity contribution < 1.29 is 9.59 Å². The minimum atomic E-state index is -0.146. The van der Waals surface area contributed by atoms with Gasteiger partial charge in [-0.25, -0.2) is 0 Å². The van der Waals surface area contributed by atoms with E-state index in [0.717, 1.165) is 17.9 Å². The second-order valence-electron chi connectivity index (χ2n) is 2.90. The first-order valence-corrected chi connectivity index (χ1v) is 5.07. The fourth-order valence-corrected chi connectivity index (χ4v) is 2.69. The Labute approximate surface area is 74.8 Å². The quantitative estimate of drug-likeness (QED) is 0.553. The molecule has 1 fully saturated rings. The molecule has 64 valence electrons. The minimum absolute atomic E-state index is 0.144. The Balaban J connectivity index is 2.12. The highest BCUT2D eigenvalue weighted by Gasteiger charge is 2.32. The maximum Gasteiger partial charge on any atom is 0.253 e. The average molecular weight is 183 g/mol. The van der Waals surface area contributed by atoms with Gasteiger partial charge in [-0.1, -0.05) is 0 Å². The molecule has 1 unspecified atom stereocenters. The molecule has 0 bridgehead atoms. The van der Waals surface area contributed by atoms with Gasteiger partial charge in [0.1, 0.15) is 0 Å². The lowest BCUT2D eigenvalue weighted by Crippen LogP contribution is -2.39. The van der Waals surface area contributed by atoms with Crippen molar-refractivity contribution >= 4 is 23.6 Å². The Hall–Kier alpha value is -0.770. The fraction of sp³-hybridized carbons (Fsp3) is 0.500. The minimum Gasteiger partial charge on any atom is -0.271 e. The van der Waals surface area contributed by atoms with E-state index in [1.54, 1.807) is 11.8 Å². The summed E-state index contributed by atoms with van der Waals surface area (Å²) in [7, 11) is 0. The van der Waals surface area contributed by atoms with Gasteiger partial charge in [0.25, 0.3) is 11.8 Å². The van der Waals surface area contributed by atoms with Crippen LogP contribution in [0.3, 0.4) is 0 Å². The van der Waals surface area contributed by atoms with Gasteiger partial charge in [0, 0.05) is 17.9 Å². The molecule has 0 aliphatic carbocycles. The Bertz CT molecular complexity index is 238. The highest BCUT2D eigenvalue weighted by Crippen LogP contribution is 2.24. The topological polar surface area (TPSA) is 37.4 Å². The summed E-state index contributed by atoms with van der Waals surface area (Å²) >= 11 is 1.80. The lowest BCUT2D eigenvalue weighted by atomic mass is 10.2. The Morgan fingerprint density at radius 3 is 2.50 bits per heavy atom. The molecular weight excluding hydrogens is 174 g/mol. The molecule has 1 saturated heterocycles. The highest BCUT2D eigenvalue weighted by atomic mass is 32.2. The zero-order valence-electron chi connectivity index (χ0n) is 6.53. The molecule has 12 heavy (non-hydrogen) atoms. The summed E-state index contributed by atoms with van der Waals surface area (Å²) in [6, 6.07) is 0.144. The third-order valence-corrected chi connectivity index (χ3v) is 3.26. The van der Waals surface area contributed by atoms with Crippen molar-refractivity contribution in [3.05, 3.63) is 12.2 Å². The molecule has 0 aromatic heterocycles. The standard InChI is InChI=1S/C8H9NO2S/c10-7-1-2-8(11)9(7)6-3-4-12-5-6/h1-2,6H,3-5H2. The first kappa shape index (κ1) is 7.86. The van der Waals surface area contributed by atoms with Crippen LogP contribution in [0.4, 0.5) is 0 Å². The molecule has 2 rings (SSSR count). The molecule has 2 aliphatic heterocycles. The van der Waals surface area contributed by atoms with Gasteiger partial charge in [0.2, 0.25) is 0 Å². The lowest BCUT2D eigenvalue weighted by molar-refractivity contribution is -0.138. The maximum atomic E-state index is 11.2. The Kier molecular flexibility index (Phi) is 1.92. The molecule has 2 amide bonds. The number of hydrogen-bond acceptors (Lipinski definition) is 3. The van der Waals surface area contributed by atoms with E-state index >= 15 is 0 Å². The van der Waals surface area contributed by atoms with Crippen LogP contribution >= 0.6 is 11.8 Å². The van der Waals surface area contributed by atoms with Crippen molar-refractivity contribution in [3.63, 3.8) is 0 Å².